The highest BCUT2D eigenvalue weighted by atomic mass is 32.2. The van der Waals surface area contributed by atoms with Crippen LogP contribution in [-0.2, 0) is 14.8 Å². The standard InChI is InChI=1S/C8H16N2O3S/c1-2-3-7(9)8(11)10-14(12,13)6-4-5-6/h6-7H,2-5,9H2,1H3,(H,10,11)/t7-/m1/s1. The summed E-state index contributed by atoms with van der Waals surface area (Å²) < 4.78 is 24.7. The van der Waals surface area contributed by atoms with Gasteiger partial charge < -0.3 is 5.73 Å². The predicted octanol–water partition coefficient (Wildman–Crippen LogP) is -0.278. The van der Waals surface area contributed by atoms with E-state index in [2.05, 4.69) is 0 Å². The fraction of sp³-hybridized carbons (Fsp3) is 0.875. The minimum atomic E-state index is -3.43. The topological polar surface area (TPSA) is 89.3 Å². The Labute approximate surface area is 84.1 Å². The first-order chi connectivity index (χ1) is 6.47. The number of sulfonamides is 1. The van der Waals surface area contributed by atoms with Crippen LogP contribution in [0.15, 0.2) is 0 Å². The van der Waals surface area contributed by atoms with Gasteiger partial charge in [0.25, 0.3) is 0 Å². The van der Waals surface area contributed by atoms with Crippen LogP contribution in [0.5, 0.6) is 0 Å². The number of hydrogen-bond donors (Lipinski definition) is 2. The van der Waals surface area contributed by atoms with Crippen molar-refractivity contribution in [3.05, 3.63) is 0 Å². The number of hydrogen-bond acceptors (Lipinski definition) is 4. The van der Waals surface area contributed by atoms with Crippen molar-refractivity contribution in [2.45, 2.75) is 43.9 Å². The smallest absolute Gasteiger partial charge is 0.250 e. The van der Waals surface area contributed by atoms with Gasteiger partial charge in [-0.15, -0.1) is 0 Å². The zero-order valence-electron chi connectivity index (χ0n) is 8.19. The third-order valence-corrected chi connectivity index (χ3v) is 3.98. The summed E-state index contributed by atoms with van der Waals surface area (Å²) in [5, 5.41) is -0.375. The fourth-order valence-electron chi connectivity index (χ4n) is 1.12. The molecule has 1 saturated carbocycles. The van der Waals surface area contributed by atoms with Gasteiger partial charge in [-0.2, -0.15) is 0 Å². The Bertz CT molecular complexity index is 309. The highest BCUT2D eigenvalue weighted by Crippen LogP contribution is 2.27. The first kappa shape index (κ1) is 11.5. The van der Waals surface area contributed by atoms with Crippen molar-refractivity contribution in [3.63, 3.8) is 0 Å². The summed E-state index contributed by atoms with van der Waals surface area (Å²) in [7, 11) is -3.43. The van der Waals surface area contributed by atoms with Crippen molar-refractivity contribution < 1.29 is 13.2 Å². The molecule has 0 bridgehead atoms. The molecular weight excluding hydrogens is 204 g/mol. The van der Waals surface area contributed by atoms with Gasteiger partial charge in [-0.1, -0.05) is 13.3 Å². The summed E-state index contributed by atoms with van der Waals surface area (Å²) >= 11 is 0. The summed E-state index contributed by atoms with van der Waals surface area (Å²) in [5.74, 6) is -0.584. The number of nitrogens with two attached hydrogens (primary N) is 1. The van der Waals surface area contributed by atoms with E-state index in [9.17, 15) is 13.2 Å². The van der Waals surface area contributed by atoms with E-state index in [1.54, 1.807) is 0 Å². The van der Waals surface area contributed by atoms with Gasteiger partial charge in [0.1, 0.15) is 0 Å². The average molecular weight is 220 g/mol. The Morgan fingerprint density at radius 2 is 2.14 bits per heavy atom. The lowest BCUT2D eigenvalue weighted by Gasteiger charge is -2.10. The Kier molecular flexibility index (Phi) is 3.49. The molecular formula is C8H16N2O3S. The van der Waals surface area contributed by atoms with Crippen LogP contribution >= 0.6 is 0 Å². The molecule has 0 saturated heterocycles. The first-order valence-corrected chi connectivity index (χ1v) is 6.33. The SMILES string of the molecule is CCC[C@@H](N)C(=O)NS(=O)(=O)C1CC1. The van der Waals surface area contributed by atoms with Crippen LogP contribution in [0.3, 0.4) is 0 Å². The minimum Gasteiger partial charge on any atom is -0.320 e. The monoisotopic (exact) mass is 220 g/mol. The van der Waals surface area contributed by atoms with Gasteiger partial charge in [-0.3, -0.25) is 9.52 Å². The van der Waals surface area contributed by atoms with Crippen LogP contribution in [0, 0.1) is 0 Å². The normalized spacial score (nSPS) is 19.0. The summed E-state index contributed by atoms with van der Waals surface area (Å²) in [6.07, 6.45) is 2.56. The van der Waals surface area contributed by atoms with E-state index < -0.39 is 22.0 Å². The summed E-state index contributed by atoms with van der Waals surface area (Å²) in [4.78, 5) is 11.3. The van der Waals surface area contributed by atoms with E-state index in [0.29, 0.717) is 19.3 Å². The van der Waals surface area contributed by atoms with Crippen LogP contribution in [0.1, 0.15) is 32.6 Å². The summed E-state index contributed by atoms with van der Waals surface area (Å²) in [6.45, 7) is 1.89. The van der Waals surface area contributed by atoms with E-state index in [1.165, 1.54) is 0 Å². The molecule has 0 aromatic heterocycles. The van der Waals surface area contributed by atoms with Crippen LogP contribution in [-0.4, -0.2) is 25.6 Å². The molecule has 0 unspecified atom stereocenters. The molecule has 0 aromatic rings. The van der Waals surface area contributed by atoms with Crippen molar-refractivity contribution in [1.29, 1.82) is 0 Å². The number of amides is 1. The molecule has 14 heavy (non-hydrogen) atoms. The maximum atomic E-state index is 11.3. The molecule has 1 fully saturated rings. The third kappa shape index (κ3) is 2.95. The predicted molar refractivity (Wildman–Crippen MR) is 53.0 cm³/mol. The maximum Gasteiger partial charge on any atom is 0.250 e. The van der Waals surface area contributed by atoms with Crippen molar-refractivity contribution in [2.75, 3.05) is 0 Å². The molecule has 1 amide bonds. The van der Waals surface area contributed by atoms with Crippen LogP contribution in [0.25, 0.3) is 0 Å². The fourth-order valence-corrected chi connectivity index (χ4v) is 2.47. The van der Waals surface area contributed by atoms with Gasteiger partial charge in [0.2, 0.25) is 15.9 Å². The van der Waals surface area contributed by atoms with E-state index in [4.69, 9.17) is 5.73 Å². The molecule has 82 valence electrons. The lowest BCUT2D eigenvalue weighted by Crippen LogP contribution is -2.44. The second kappa shape index (κ2) is 4.27. The zero-order valence-corrected chi connectivity index (χ0v) is 9.01. The zero-order chi connectivity index (χ0) is 10.8. The van der Waals surface area contributed by atoms with E-state index in [-0.39, 0.29) is 5.25 Å². The van der Waals surface area contributed by atoms with Gasteiger partial charge >= 0.3 is 0 Å². The number of nitrogens with one attached hydrogen (secondary N) is 1. The van der Waals surface area contributed by atoms with Crippen LogP contribution in [0.4, 0.5) is 0 Å². The second-order valence-corrected chi connectivity index (χ2v) is 5.57. The first-order valence-electron chi connectivity index (χ1n) is 4.78. The van der Waals surface area contributed by atoms with Gasteiger partial charge in [0, 0.05) is 0 Å². The highest BCUT2D eigenvalue weighted by molar-refractivity contribution is 7.90. The van der Waals surface area contributed by atoms with Gasteiger partial charge in [-0.25, -0.2) is 8.42 Å². The lowest BCUT2D eigenvalue weighted by atomic mass is 10.2. The molecule has 0 radical (unpaired) electrons. The van der Waals surface area contributed by atoms with Crippen molar-refractivity contribution in [1.82, 2.24) is 4.72 Å². The Hall–Kier alpha value is -0.620. The van der Waals surface area contributed by atoms with Crippen LogP contribution < -0.4 is 10.5 Å². The molecule has 1 atom stereocenters. The number of carbonyl (C=O) groups excluding carboxylic acids is 1. The Balaban J connectivity index is 2.47. The van der Waals surface area contributed by atoms with E-state index in [1.807, 2.05) is 11.6 Å². The average Bonchev–Trinajstić information content (AvgIpc) is 2.85. The van der Waals surface area contributed by atoms with Crippen molar-refractivity contribution in [2.24, 2.45) is 5.73 Å². The van der Waals surface area contributed by atoms with Gasteiger partial charge in [0.15, 0.2) is 0 Å². The largest absolute Gasteiger partial charge is 0.320 e. The molecule has 0 aliphatic heterocycles. The van der Waals surface area contributed by atoms with E-state index in [0.717, 1.165) is 6.42 Å². The maximum absolute atomic E-state index is 11.3. The van der Waals surface area contributed by atoms with Gasteiger partial charge in [0.05, 0.1) is 11.3 Å². The third-order valence-electron chi connectivity index (χ3n) is 2.14. The Morgan fingerprint density at radius 3 is 2.57 bits per heavy atom. The number of rotatable bonds is 5. The van der Waals surface area contributed by atoms with Crippen molar-refractivity contribution >= 4 is 15.9 Å². The molecule has 5 nitrogen and oxygen atoms in total. The molecule has 3 N–H and O–H groups in total. The quantitative estimate of drug-likeness (QED) is 0.667. The minimum absolute atomic E-state index is 0.375. The number of carbonyl (C=O) groups is 1. The van der Waals surface area contributed by atoms with Gasteiger partial charge in [-0.05, 0) is 19.3 Å². The lowest BCUT2D eigenvalue weighted by molar-refractivity contribution is -0.120. The highest BCUT2D eigenvalue weighted by Gasteiger charge is 2.37. The van der Waals surface area contributed by atoms with Crippen molar-refractivity contribution in [3.8, 4) is 0 Å². The van der Waals surface area contributed by atoms with Crippen LogP contribution in [0.2, 0.25) is 0 Å². The summed E-state index contributed by atoms with van der Waals surface area (Å²) in [6, 6.07) is -0.714. The second-order valence-electron chi connectivity index (χ2n) is 3.61. The van der Waals surface area contributed by atoms with E-state index >= 15 is 0 Å². The molecule has 0 aromatic carbocycles. The molecule has 0 spiro atoms. The molecule has 6 heteroatoms. The summed E-state index contributed by atoms with van der Waals surface area (Å²) in [5.41, 5.74) is 5.48. The molecule has 0 heterocycles. The Morgan fingerprint density at radius 1 is 1.57 bits per heavy atom. The molecule has 1 aliphatic carbocycles. The molecule has 1 aliphatic rings. The molecule has 1 rings (SSSR count).